The van der Waals surface area contributed by atoms with Crippen LogP contribution in [-0.2, 0) is 0 Å². The molecule has 7 aromatic carbocycles. The fourth-order valence-electron chi connectivity index (χ4n) is 6.05. The SMILES string of the molecule is c1ccc(-c2ccc(N(c3ccccc3)c3cccc(-c4ccc5oc6ccc(-c7ccccc7)cc6c5c4)c3)cc2)cc1. The lowest BCUT2D eigenvalue weighted by molar-refractivity contribution is 0.669. The maximum absolute atomic E-state index is 6.25. The summed E-state index contributed by atoms with van der Waals surface area (Å²) >= 11 is 0. The van der Waals surface area contributed by atoms with Crippen LogP contribution in [-0.4, -0.2) is 0 Å². The Morgan fingerprint density at radius 2 is 0.705 bits per heavy atom. The zero-order valence-electron chi connectivity index (χ0n) is 24.1. The summed E-state index contributed by atoms with van der Waals surface area (Å²) in [6, 6.07) is 62.1. The summed E-state index contributed by atoms with van der Waals surface area (Å²) in [6.45, 7) is 0. The molecule has 8 aromatic rings. The number of furan rings is 1. The first-order chi connectivity index (χ1) is 21.8. The van der Waals surface area contributed by atoms with Crippen molar-refractivity contribution >= 4 is 39.0 Å². The molecule has 1 heterocycles. The molecule has 208 valence electrons. The molecule has 2 heteroatoms. The number of hydrogen-bond donors (Lipinski definition) is 0. The molecule has 2 nitrogen and oxygen atoms in total. The fraction of sp³-hybridized carbons (Fsp3) is 0. The molecule has 0 aliphatic rings. The third kappa shape index (κ3) is 4.83. The number of anilines is 3. The van der Waals surface area contributed by atoms with Crippen molar-refractivity contribution in [1.82, 2.24) is 0 Å². The second kappa shape index (κ2) is 11.1. The summed E-state index contributed by atoms with van der Waals surface area (Å²) in [5.41, 5.74) is 12.2. The van der Waals surface area contributed by atoms with Crippen LogP contribution in [0.15, 0.2) is 180 Å². The summed E-state index contributed by atoms with van der Waals surface area (Å²) in [5.74, 6) is 0. The van der Waals surface area contributed by atoms with Gasteiger partial charge in [-0.15, -0.1) is 0 Å². The van der Waals surface area contributed by atoms with E-state index in [2.05, 4.69) is 175 Å². The molecule has 0 aliphatic carbocycles. The van der Waals surface area contributed by atoms with Gasteiger partial charge in [-0.3, -0.25) is 0 Å². The Morgan fingerprint density at radius 1 is 0.295 bits per heavy atom. The third-order valence-corrected chi connectivity index (χ3v) is 8.26. The van der Waals surface area contributed by atoms with Crippen LogP contribution in [0, 0.1) is 0 Å². The van der Waals surface area contributed by atoms with Gasteiger partial charge in [-0.1, -0.05) is 115 Å². The molecule has 1 aromatic heterocycles. The molecule has 0 spiro atoms. The Kier molecular flexibility index (Phi) is 6.51. The van der Waals surface area contributed by atoms with Crippen LogP contribution < -0.4 is 4.90 Å². The van der Waals surface area contributed by atoms with E-state index in [1.54, 1.807) is 0 Å². The molecule has 0 N–H and O–H groups in total. The molecule has 44 heavy (non-hydrogen) atoms. The van der Waals surface area contributed by atoms with E-state index in [-0.39, 0.29) is 0 Å². The van der Waals surface area contributed by atoms with Crippen molar-refractivity contribution in [3.05, 3.63) is 176 Å². The van der Waals surface area contributed by atoms with Crippen LogP contribution in [0.25, 0.3) is 55.3 Å². The molecular formula is C42H29NO. The Labute approximate surface area is 257 Å². The van der Waals surface area contributed by atoms with Gasteiger partial charge in [0.1, 0.15) is 11.2 Å². The summed E-state index contributed by atoms with van der Waals surface area (Å²) in [4.78, 5) is 2.32. The molecule has 0 atom stereocenters. The predicted molar refractivity (Wildman–Crippen MR) is 185 cm³/mol. The van der Waals surface area contributed by atoms with Gasteiger partial charge in [0.15, 0.2) is 0 Å². The number of fused-ring (bicyclic) bond motifs is 3. The number of nitrogens with zero attached hydrogens (tertiary/aromatic N) is 1. The van der Waals surface area contributed by atoms with Crippen LogP contribution in [0.2, 0.25) is 0 Å². The number of benzene rings is 7. The normalized spacial score (nSPS) is 11.2. The lowest BCUT2D eigenvalue weighted by Crippen LogP contribution is -2.09. The highest BCUT2D eigenvalue weighted by atomic mass is 16.3. The molecule has 0 bridgehead atoms. The van der Waals surface area contributed by atoms with Crippen molar-refractivity contribution < 1.29 is 4.42 Å². The topological polar surface area (TPSA) is 16.4 Å². The van der Waals surface area contributed by atoms with Crippen LogP contribution >= 0.6 is 0 Å². The van der Waals surface area contributed by atoms with Gasteiger partial charge < -0.3 is 9.32 Å². The van der Waals surface area contributed by atoms with E-state index in [1.807, 2.05) is 6.07 Å². The average molecular weight is 564 g/mol. The monoisotopic (exact) mass is 563 g/mol. The Hall–Kier alpha value is -5.86. The van der Waals surface area contributed by atoms with Crippen molar-refractivity contribution in [2.45, 2.75) is 0 Å². The third-order valence-electron chi connectivity index (χ3n) is 8.26. The molecule has 8 rings (SSSR count). The summed E-state index contributed by atoms with van der Waals surface area (Å²) < 4.78 is 6.25. The largest absolute Gasteiger partial charge is 0.456 e. The number of hydrogen-bond acceptors (Lipinski definition) is 2. The molecule has 0 fully saturated rings. The molecule has 0 amide bonds. The van der Waals surface area contributed by atoms with Crippen molar-refractivity contribution in [1.29, 1.82) is 0 Å². The van der Waals surface area contributed by atoms with E-state index in [9.17, 15) is 0 Å². The van der Waals surface area contributed by atoms with Gasteiger partial charge in [-0.2, -0.15) is 0 Å². The van der Waals surface area contributed by atoms with E-state index in [1.165, 1.54) is 22.3 Å². The second-order valence-electron chi connectivity index (χ2n) is 11.0. The highest BCUT2D eigenvalue weighted by Crippen LogP contribution is 2.39. The van der Waals surface area contributed by atoms with Gasteiger partial charge in [0, 0.05) is 27.8 Å². The summed E-state index contributed by atoms with van der Waals surface area (Å²) in [6.07, 6.45) is 0. The average Bonchev–Trinajstić information content (AvgIpc) is 3.47. The maximum Gasteiger partial charge on any atom is 0.135 e. The van der Waals surface area contributed by atoms with Crippen molar-refractivity contribution in [3.63, 3.8) is 0 Å². The first-order valence-corrected chi connectivity index (χ1v) is 14.9. The maximum atomic E-state index is 6.25. The molecule has 0 saturated carbocycles. The lowest BCUT2D eigenvalue weighted by atomic mass is 9.99. The summed E-state index contributed by atoms with van der Waals surface area (Å²) in [7, 11) is 0. The van der Waals surface area contributed by atoms with Crippen molar-refractivity contribution in [2.75, 3.05) is 4.90 Å². The van der Waals surface area contributed by atoms with E-state index in [4.69, 9.17) is 4.42 Å². The van der Waals surface area contributed by atoms with E-state index in [0.29, 0.717) is 0 Å². The summed E-state index contributed by atoms with van der Waals surface area (Å²) in [5, 5.41) is 2.25. The zero-order chi connectivity index (χ0) is 29.3. The fourth-order valence-corrected chi connectivity index (χ4v) is 6.05. The highest BCUT2D eigenvalue weighted by molar-refractivity contribution is 6.07. The molecule has 0 unspecified atom stereocenters. The van der Waals surface area contributed by atoms with Gasteiger partial charge in [0.2, 0.25) is 0 Å². The smallest absolute Gasteiger partial charge is 0.135 e. The minimum absolute atomic E-state index is 0.898. The van der Waals surface area contributed by atoms with Gasteiger partial charge in [0.25, 0.3) is 0 Å². The van der Waals surface area contributed by atoms with Gasteiger partial charge in [-0.25, -0.2) is 0 Å². The van der Waals surface area contributed by atoms with Crippen molar-refractivity contribution in [2.24, 2.45) is 0 Å². The molecule has 0 radical (unpaired) electrons. The zero-order valence-corrected chi connectivity index (χ0v) is 24.1. The minimum atomic E-state index is 0.898. The highest BCUT2D eigenvalue weighted by Gasteiger charge is 2.15. The predicted octanol–water partition coefficient (Wildman–Crippen LogP) is 12.1. The first-order valence-electron chi connectivity index (χ1n) is 14.9. The van der Waals surface area contributed by atoms with Gasteiger partial charge >= 0.3 is 0 Å². The first kappa shape index (κ1) is 25.8. The quantitative estimate of drug-likeness (QED) is 0.200. The Morgan fingerprint density at radius 3 is 1.32 bits per heavy atom. The minimum Gasteiger partial charge on any atom is -0.456 e. The molecule has 0 aliphatic heterocycles. The number of para-hydroxylation sites is 1. The standard InChI is InChI=1S/C42H29NO/c1-4-11-30(12-5-1)32-19-23-37(24-20-32)43(36-16-8-3-9-17-36)38-18-10-15-33(27-38)35-22-26-42-40(29-35)39-28-34(21-25-41(39)44-42)31-13-6-2-7-14-31/h1-29H. The Bertz CT molecular complexity index is 2200. The lowest BCUT2D eigenvalue weighted by Gasteiger charge is -2.26. The van der Waals surface area contributed by atoms with E-state index >= 15 is 0 Å². The number of rotatable bonds is 6. The molecular weight excluding hydrogens is 534 g/mol. The second-order valence-corrected chi connectivity index (χ2v) is 11.0. The van der Waals surface area contributed by atoms with Crippen LogP contribution in [0.4, 0.5) is 17.1 Å². The Balaban J connectivity index is 1.20. The van der Waals surface area contributed by atoms with E-state index < -0.39 is 0 Å². The van der Waals surface area contributed by atoms with Gasteiger partial charge in [-0.05, 0) is 94.0 Å². The van der Waals surface area contributed by atoms with Crippen LogP contribution in [0.5, 0.6) is 0 Å². The van der Waals surface area contributed by atoms with Gasteiger partial charge in [0.05, 0.1) is 0 Å². The van der Waals surface area contributed by atoms with Crippen LogP contribution in [0.1, 0.15) is 0 Å². The molecule has 0 saturated heterocycles. The van der Waals surface area contributed by atoms with Crippen molar-refractivity contribution in [3.8, 4) is 33.4 Å². The van der Waals surface area contributed by atoms with Crippen LogP contribution in [0.3, 0.4) is 0 Å². The van der Waals surface area contributed by atoms with E-state index in [0.717, 1.165) is 50.1 Å².